The zero-order chi connectivity index (χ0) is 14.0. The minimum atomic E-state index is -3.72. The molecule has 0 aliphatic rings. The molecule has 2 aromatic rings. The summed E-state index contributed by atoms with van der Waals surface area (Å²) in [5.41, 5.74) is 6.87. The average molecular weight is 299 g/mol. The molecule has 3 N–H and O–H groups in total. The quantitative estimate of drug-likeness (QED) is 0.665. The van der Waals surface area contributed by atoms with E-state index in [2.05, 4.69) is 14.7 Å². The fourth-order valence-electron chi connectivity index (χ4n) is 1.40. The Bertz CT molecular complexity index is 718. The molecule has 0 radical (unpaired) electrons. The number of hydrogen-bond donors (Lipinski definition) is 2. The van der Waals surface area contributed by atoms with Crippen LogP contribution in [0.4, 0.5) is 11.5 Å². The molecule has 1 aromatic carbocycles. The minimum Gasteiger partial charge on any atom is -0.399 e. The number of rotatable bonds is 3. The van der Waals surface area contributed by atoms with Gasteiger partial charge >= 0.3 is 0 Å². The molecule has 1 aromatic heterocycles. The van der Waals surface area contributed by atoms with Crippen LogP contribution in [0.25, 0.3) is 0 Å². The molecule has 0 aliphatic heterocycles. The molecule has 0 fully saturated rings. The normalized spacial score (nSPS) is 11.3. The number of halogens is 1. The monoisotopic (exact) mass is 298 g/mol. The van der Waals surface area contributed by atoms with Gasteiger partial charge < -0.3 is 5.73 Å². The molecular formula is C11H11ClN4O2S. The summed E-state index contributed by atoms with van der Waals surface area (Å²) in [6, 6.07) is 5.77. The summed E-state index contributed by atoms with van der Waals surface area (Å²) in [5, 5.41) is 0.154. The Morgan fingerprint density at radius 1 is 1.26 bits per heavy atom. The Morgan fingerprint density at radius 3 is 2.63 bits per heavy atom. The predicted octanol–water partition coefficient (Wildman–Crippen LogP) is 1.82. The number of aryl methyl sites for hydroxylation is 1. The van der Waals surface area contributed by atoms with E-state index < -0.39 is 10.0 Å². The van der Waals surface area contributed by atoms with E-state index in [1.54, 1.807) is 6.92 Å². The molecule has 1 heterocycles. The van der Waals surface area contributed by atoms with E-state index >= 15 is 0 Å². The van der Waals surface area contributed by atoms with Crippen LogP contribution in [0.5, 0.6) is 0 Å². The highest BCUT2D eigenvalue weighted by atomic mass is 35.5. The lowest BCUT2D eigenvalue weighted by molar-refractivity contribution is 0.601. The summed E-state index contributed by atoms with van der Waals surface area (Å²) in [6.07, 6.45) is 1.18. The van der Waals surface area contributed by atoms with Crippen LogP contribution in [-0.2, 0) is 10.0 Å². The molecule has 0 unspecified atom stereocenters. The third-order valence-electron chi connectivity index (χ3n) is 2.42. The smallest absolute Gasteiger partial charge is 0.263 e. The number of nitrogen functional groups attached to an aromatic ring is 1. The Morgan fingerprint density at radius 2 is 2.00 bits per heavy atom. The third-order valence-corrected chi connectivity index (χ3v) is 3.98. The summed E-state index contributed by atoms with van der Waals surface area (Å²) >= 11 is 5.66. The summed E-state index contributed by atoms with van der Waals surface area (Å²) < 4.78 is 26.6. The molecular weight excluding hydrogens is 288 g/mol. The Hall–Kier alpha value is -1.86. The second-order valence-corrected chi connectivity index (χ2v) is 5.92. The zero-order valence-corrected chi connectivity index (χ0v) is 11.5. The van der Waals surface area contributed by atoms with Crippen molar-refractivity contribution in [1.82, 2.24) is 9.97 Å². The first-order valence-corrected chi connectivity index (χ1v) is 7.11. The number of benzene rings is 1. The topological polar surface area (TPSA) is 98.0 Å². The second kappa shape index (κ2) is 5.02. The van der Waals surface area contributed by atoms with Crippen LogP contribution in [0.2, 0.25) is 5.15 Å². The lowest BCUT2D eigenvalue weighted by Gasteiger charge is -2.08. The van der Waals surface area contributed by atoms with Crippen LogP contribution >= 0.6 is 11.6 Å². The summed E-state index contributed by atoms with van der Waals surface area (Å²) in [5.74, 6) is 0.106. The molecule has 0 saturated carbocycles. The Balaban J connectivity index is 2.35. The van der Waals surface area contributed by atoms with Gasteiger partial charge in [0.1, 0.15) is 17.3 Å². The van der Waals surface area contributed by atoms with Crippen molar-refractivity contribution in [2.24, 2.45) is 0 Å². The van der Waals surface area contributed by atoms with Gasteiger partial charge in [-0.25, -0.2) is 18.4 Å². The molecule has 0 saturated heterocycles. The summed E-state index contributed by atoms with van der Waals surface area (Å²) in [6.45, 7) is 1.73. The maximum Gasteiger partial charge on any atom is 0.263 e. The number of anilines is 2. The predicted molar refractivity (Wildman–Crippen MR) is 73.4 cm³/mol. The fourth-order valence-corrected chi connectivity index (χ4v) is 2.63. The Labute approximate surface area is 115 Å². The van der Waals surface area contributed by atoms with Gasteiger partial charge in [0, 0.05) is 11.8 Å². The maximum atomic E-state index is 12.1. The van der Waals surface area contributed by atoms with Crippen LogP contribution in [0.1, 0.15) is 5.56 Å². The van der Waals surface area contributed by atoms with Crippen molar-refractivity contribution >= 4 is 33.1 Å². The first kappa shape index (κ1) is 13.6. The van der Waals surface area contributed by atoms with Crippen molar-refractivity contribution in [2.75, 3.05) is 10.5 Å². The van der Waals surface area contributed by atoms with E-state index in [1.807, 2.05) is 0 Å². The number of nitrogens with zero attached hydrogens (tertiary/aromatic N) is 2. The van der Waals surface area contributed by atoms with Gasteiger partial charge in [-0.1, -0.05) is 11.6 Å². The molecule has 0 amide bonds. The van der Waals surface area contributed by atoms with Crippen LogP contribution < -0.4 is 10.5 Å². The van der Waals surface area contributed by atoms with Crippen LogP contribution in [0.15, 0.2) is 35.5 Å². The molecule has 100 valence electrons. The van der Waals surface area contributed by atoms with Crippen LogP contribution in [0, 0.1) is 6.92 Å². The van der Waals surface area contributed by atoms with Crippen molar-refractivity contribution in [3.05, 3.63) is 41.3 Å². The first-order chi connectivity index (χ1) is 8.88. The number of nitrogens with one attached hydrogen (secondary N) is 1. The van der Waals surface area contributed by atoms with E-state index in [1.165, 1.54) is 30.6 Å². The number of nitrogens with two attached hydrogens (primary N) is 1. The largest absolute Gasteiger partial charge is 0.399 e. The highest BCUT2D eigenvalue weighted by Crippen LogP contribution is 2.19. The van der Waals surface area contributed by atoms with E-state index in [0.29, 0.717) is 11.3 Å². The van der Waals surface area contributed by atoms with Gasteiger partial charge in [0.05, 0.1) is 4.90 Å². The lowest BCUT2D eigenvalue weighted by atomic mass is 10.2. The summed E-state index contributed by atoms with van der Waals surface area (Å²) in [4.78, 5) is 7.56. The minimum absolute atomic E-state index is 0.105. The maximum absolute atomic E-state index is 12.1. The average Bonchev–Trinajstić information content (AvgIpc) is 2.32. The lowest BCUT2D eigenvalue weighted by Crippen LogP contribution is -2.14. The molecule has 0 bridgehead atoms. The van der Waals surface area contributed by atoms with Crippen molar-refractivity contribution < 1.29 is 8.42 Å². The van der Waals surface area contributed by atoms with E-state index in [-0.39, 0.29) is 15.9 Å². The first-order valence-electron chi connectivity index (χ1n) is 5.25. The number of hydrogen-bond acceptors (Lipinski definition) is 5. The number of sulfonamides is 1. The van der Waals surface area contributed by atoms with Gasteiger partial charge in [0.15, 0.2) is 0 Å². The molecule has 8 heteroatoms. The van der Waals surface area contributed by atoms with Crippen LogP contribution in [0.3, 0.4) is 0 Å². The molecule has 19 heavy (non-hydrogen) atoms. The molecule has 6 nitrogen and oxygen atoms in total. The third kappa shape index (κ3) is 3.12. The Kier molecular flexibility index (Phi) is 3.59. The van der Waals surface area contributed by atoms with E-state index in [4.69, 9.17) is 17.3 Å². The fraction of sp³-hybridized carbons (Fsp3) is 0.0909. The highest BCUT2D eigenvalue weighted by molar-refractivity contribution is 7.92. The van der Waals surface area contributed by atoms with Crippen LogP contribution in [-0.4, -0.2) is 18.4 Å². The van der Waals surface area contributed by atoms with E-state index in [0.717, 1.165) is 0 Å². The number of aromatic nitrogens is 2. The van der Waals surface area contributed by atoms with Gasteiger partial charge in [-0.05, 0) is 30.7 Å². The van der Waals surface area contributed by atoms with Crippen molar-refractivity contribution in [3.63, 3.8) is 0 Å². The van der Waals surface area contributed by atoms with Crippen molar-refractivity contribution in [2.45, 2.75) is 11.8 Å². The van der Waals surface area contributed by atoms with Gasteiger partial charge in [-0.3, -0.25) is 4.72 Å². The van der Waals surface area contributed by atoms with Gasteiger partial charge in [-0.2, -0.15) is 0 Å². The molecule has 2 rings (SSSR count). The molecule has 0 atom stereocenters. The zero-order valence-electron chi connectivity index (χ0n) is 9.96. The molecule has 0 aliphatic carbocycles. The molecule has 0 spiro atoms. The van der Waals surface area contributed by atoms with E-state index in [9.17, 15) is 8.42 Å². The highest BCUT2D eigenvalue weighted by Gasteiger charge is 2.15. The SMILES string of the molecule is Cc1cc(S(=O)(=O)Nc2cc(Cl)ncn2)ccc1N. The standard InChI is InChI=1S/C11H11ClN4O2S/c1-7-4-8(2-3-9(7)13)19(17,18)16-11-5-10(12)14-6-15-11/h2-6H,13H2,1H3,(H,14,15,16). The second-order valence-electron chi connectivity index (χ2n) is 3.85. The van der Waals surface area contributed by atoms with Crippen molar-refractivity contribution in [1.29, 1.82) is 0 Å². The van der Waals surface area contributed by atoms with Crippen molar-refractivity contribution in [3.8, 4) is 0 Å². The summed E-state index contributed by atoms with van der Waals surface area (Å²) in [7, 11) is -3.72. The van der Waals surface area contributed by atoms with Gasteiger partial charge in [0.25, 0.3) is 10.0 Å². The van der Waals surface area contributed by atoms with Gasteiger partial charge in [-0.15, -0.1) is 0 Å². The van der Waals surface area contributed by atoms with Gasteiger partial charge in [0.2, 0.25) is 0 Å².